The molecule has 146 heavy (non-hydrogen) atoms. The van der Waals surface area contributed by atoms with Crippen LogP contribution in [-0.4, -0.2) is 119 Å². The Kier molecular flexibility index (Phi) is 31.7. The second kappa shape index (κ2) is 44.5. The molecular weight excluding hydrogens is 1830 g/mol. The molecule has 5 atom stereocenters. The summed E-state index contributed by atoms with van der Waals surface area (Å²) >= 11 is 0. The van der Waals surface area contributed by atoms with Crippen molar-refractivity contribution in [2.45, 2.75) is 322 Å². The summed E-state index contributed by atoms with van der Waals surface area (Å²) < 4.78 is 74.0. The van der Waals surface area contributed by atoms with Crippen LogP contribution in [0.5, 0.6) is 28.7 Å². The van der Waals surface area contributed by atoms with Gasteiger partial charge in [-0.3, -0.25) is 0 Å². The first-order chi connectivity index (χ1) is 70.4. The number of esters is 4. The van der Waals surface area contributed by atoms with E-state index in [4.69, 9.17) is 61.6 Å². The number of methoxy groups -OCH3 is 4. The van der Waals surface area contributed by atoms with Crippen LogP contribution in [0.2, 0.25) is 0 Å². The first kappa shape index (κ1) is 104. The second-order valence-corrected chi connectivity index (χ2v) is 43.1. The minimum Gasteiger partial charge on any atom is -0.493 e. The molecule has 12 aliphatic rings. The number of hydrogen-bond donors (Lipinski definition) is 2. The van der Waals surface area contributed by atoms with Crippen molar-refractivity contribution >= 4 is 29.8 Å². The van der Waals surface area contributed by atoms with Crippen LogP contribution in [-0.2, 0) is 94.0 Å². The molecule has 10 aromatic rings. The molecule has 0 aromatic heterocycles. The van der Waals surface area contributed by atoms with Gasteiger partial charge in [0.25, 0.3) is 0 Å². The standard InChI is InChI=1S/C27H34O4.C26H30O4.2C25H28O4.C23H26O4/c1-16-9-12-21(18-10-11-18)24(23(16)25(26(28)29-6)31-27(3,4)5)20-13-14-22-19(17(20)2)8-7-15-30-22;1-15-6-11-21(17-7-8-17)24(23(15)25(26(27)28-3)30-18-9-10-18)20-12-13-22-19(16(20)2)5-4-14-29-22;1-14-5-10-20(16-6-7-16)23(22(14)24(25(26)27)29-17-8-9-17)19-11-12-21-18(15(19)2)4-3-13-28-21;1-5-28-24(25(26)27-4)22-15(2)8-11-20(17-9-10-17)23(22)19-12-13-21-18(16(19)3)7-6-14-29-21;1-13-6-9-18(15-7-8-15)21(20(13)22(24)23(25)26-3)17-10-11-19-16(14(17)2)5-4-12-27-19/h9,12-14,18,25H,7-8,10-11,15H2,1-6H3;6,11-13,17-18,25H,4-5,7-10,14H2,1-3H3;5,10-12,16-17,24H,3-4,6-9,13H2,1-2H3,(H,26,27);5,8,11-13,17,24H,1,6-7,9-10,14H2,2-4H3;6,9-11,15,22,24H,4-5,7-8,12H2,1-3H3. The molecule has 5 aliphatic heterocycles. The van der Waals surface area contributed by atoms with Gasteiger partial charge in [-0.1, -0.05) is 97.6 Å². The average Bonchev–Trinajstić information content (AvgIpc) is 1.46. The van der Waals surface area contributed by atoms with Gasteiger partial charge in [0.05, 0.1) is 85.5 Å². The summed E-state index contributed by atoms with van der Waals surface area (Å²) in [5.74, 6) is 4.95. The molecule has 5 heterocycles. The van der Waals surface area contributed by atoms with Crippen LogP contribution < -0.4 is 23.7 Å². The number of ether oxygens (including phenoxy) is 13. The molecule has 7 fully saturated rings. The fourth-order valence-electron chi connectivity index (χ4n) is 22.7. The van der Waals surface area contributed by atoms with Gasteiger partial charge in [0.2, 0.25) is 6.10 Å². The molecule has 7 aliphatic carbocycles. The third kappa shape index (κ3) is 22.4. The SMILES string of the molecule is C=COC(C(=O)OC)c1c(C)ccc(C2CC2)c1-c1ccc2c(c1C)CCCO2.COC(=O)C(O)c1c(C)ccc(C2CC2)c1-c1ccc2c(c1C)CCCO2.COC(=O)C(OC(C)(C)C)c1c(C)ccc(C2CC2)c1-c1ccc2c(c1C)CCCO2.COC(=O)C(OC1CC1)c1c(C)ccc(C2CC2)c1-c1ccc2c(c1C)CCCO2.Cc1ccc(C2CC2)c(-c2ccc3c(c2C)CCCO3)c1C(OC1CC1)C(=O)O. The van der Waals surface area contributed by atoms with Crippen molar-refractivity contribution in [3.63, 3.8) is 0 Å². The lowest BCUT2D eigenvalue weighted by molar-refractivity contribution is -0.164. The fraction of sp³-hybridized carbons (Fsp3) is 0.468. The molecule has 10 aromatic carbocycles. The number of aryl methyl sites for hydroxylation is 5. The number of hydrogen-bond acceptors (Lipinski definition) is 19. The molecule has 5 unspecified atom stereocenters. The van der Waals surface area contributed by atoms with Gasteiger partial charge in [0.15, 0.2) is 24.4 Å². The summed E-state index contributed by atoms with van der Waals surface area (Å²) in [4.78, 5) is 62.9. The highest BCUT2D eigenvalue weighted by Gasteiger charge is 2.44. The minimum absolute atomic E-state index is 0.0750. The first-order valence-corrected chi connectivity index (χ1v) is 53.3. The zero-order chi connectivity index (χ0) is 103. The van der Waals surface area contributed by atoms with Crippen LogP contribution in [0.25, 0.3) is 55.6 Å². The molecular formula is C126H146O20. The van der Waals surface area contributed by atoms with E-state index < -0.39 is 54.0 Å². The van der Waals surface area contributed by atoms with E-state index in [1.807, 2.05) is 53.7 Å². The summed E-state index contributed by atoms with van der Waals surface area (Å²) in [7, 11) is 5.59. The monoisotopic (exact) mass is 1980 g/mol. The second-order valence-electron chi connectivity index (χ2n) is 43.1. The summed E-state index contributed by atoms with van der Waals surface area (Å²) in [6, 6.07) is 42.6. The van der Waals surface area contributed by atoms with E-state index in [2.05, 4.69) is 164 Å². The summed E-state index contributed by atoms with van der Waals surface area (Å²) in [6.07, 6.45) is 23.0. The number of aliphatic hydroxyl groups is 1. The average molecular weight is 1980 g/mol. The van der Waals surface area contributed by atoms with Crippen molar-refractivity contribution in [2.24, 2.45) is 0 Å². The highest BCUT2D eigenvalue weighted by atomic mass is 16.6. The van der Waals surface area contributed by atoms with Crippen molar-refractivity contribution < 1.29 is 95.8 Å². The van der Waals surface area contributed by atoms with Crippen LogP contribution in [0.1, 0.15) is 342 Å². The predicted octanol–water partition coefficient (Wildman–Crippen LogP) is 27.2. The van der Waals surface area contributed by atoms with Crippen LogP contribution >= 0.6 is 0 Å². The molecule has 770 valence electrons. The Hall–Kier alpha value is -12.1. The maximum atomic E-state index is 13.0. The summed E-state index contributed by atoms with van der Waals surface area (Å²) in [5.41, 5.74) is 39.0. The van der Waals surface area contributed by atoms with E-state index in [0.717, 1.165) is 254 Å². The molecule has 2 N–H and O–H groups in total. The molecule has 22 rings (SSSR count). The largest absolute Gasteiger partial charge is 0.493 e. The first-order valence-electron chi connectivity index (χ1n) is 53.3. The molecule has 0 bridgehead atoms. The van der Waals surface area contributed by atoms with Crippen molar-refractivity contribution in [2.75, 3.05) is 61.5 Å². The normalized spacial score (nSPS) is 17.8. The molecule has 20 heteroatoms. The number of carbonyl (C=O) groups excluding carboxylic acids is 4. The van der Waals surface area contributed by atoms with Gasteiger partial charge >= 0.3 is 29.8 Å². The van der Waals surface area contributed by atoms with E-state index in [9.17, 15) is 34.2 Å². The fourth-order valence-corrected chi connectivity index (χ4v) is 22.7. The predicted molar refractivity (Wildman–Crippen MR) is 568 cm³/mol. The smallest absolute Gasteiger partial charge is 0.351 e. The van der Waals surface area contributed by atoms with Crippen LogP contribution in [0.3, 0.4) is 0 Å². The van der Waals surface area contributed by atoms with Gasteiger partial charge in [-0.25, -0.2) is 24.0 Å². The quantitative estimate of drug-likeness (QED) is 0.0276. The van der Waals surface area contributed by atoms with Crippen molar-refractivity contribution in [1.82, 2.24) is 0 Å². The Labute approximate surface area is 861 Å². The van der Waals surface area contributed by atoms with E-state index in [0.29, 0.717) is 35.2 Å². The Morgan fingerprint density at radius 2 is 0.562 bits per heavy atom. The van der Waals surface area contributed by atoms with Gasteiger partial charge in [0, 0.05) is 27.8 Å². The molecule has 20 nitrogen and oxygen atoms in total. The van der Waals surface area contributed by atoms with Crippen molar-refractivity contribution in [3.05, 3.63) is 273 Å². The van der Waals surface area contributed by atoms with Gasteiger partial charge < -0.3 is 71.8 Å². The third-order valence-corrected chi connectivity index (χ3v) is 31.5. The van der Waals surface area contributed by atoms with Crippen molar-refractivity contribution in [1.29, 1.82) is 0 Å². The van der Waals surface area contributed by atoms with Crippen LogP contribution in [0.4, 0.5) is 0 Å². The van der Waals surface area contributed by atoms with Crippen LogP contribution in [0.15, 0.2) is 134 Å². The van der Waals surface area contributed by atoms with Crippen LogP contribution in [0, 0.1) is 69.2 Å². The Bertz CT molecular complexity index is 6630. The van der Waals surface area contributed by atoms with Crippen molar-refractivity contribution in [3.8, 4) is 84.4 Å². The van der Waals surface area contributed by atoms with Gasteiger partial charge in [-0.15, -0.1) is 0 Å². The van der Waals surface area contributed by atoms with E-state index in [1.165, 1.54) is 186 Å². The maximum Gasteiger partial charge on any atom is 0.351 e. The highest BCUT2D eigenvalue weighted by molar-refractivity contribution is 5.91. The summed E-state index contributed by atoms with van der Waals surface area (Å²) in [5, 5.41) is 20.8. The lowest BCUT2D eigenvalue weighted by Crippen LogP contribution is -2.29. The third-order valence-electron chi connectivity index (χ3n) is 31.5. The lowest BCUT2D eigenvalue weighted by Gasteiger charge is -2.30. The molecule has 0 radical (unpaired) electrons. The molecule has 0 amide bonds. The number of rotatable bonds is 27. The van der Waals surface area contributed by atoms with Gasteiger partial charge in [-0.05, 0) is 471 Å². The lowest BCUT2D eigenvalue weighted by atomic mass is 9.83. The zero-order valence-corrected chi connectivity index (χ0v) is 88.5. The van der Waals surface area contributed by atoms with E-state index in [-0.39, 0.29) is 24.1 Å². The number of carbonyl (C=O) groups is 5. The Morgan fingerprint density at radius 1 is 0.322 bits per heavy atom. The topological polar surface area (TPSA) is 246 Å². The number of benzene rings is 10. The maximum absolute atomic E-state index is 13.0. The number of fused-ring (bicyclic) bond motifs is 5. The highest BCUT2D eigenvalue weighted by Crippen LogP contribution is 2.58. The Balaban J connectivity index is 0.000000120. The van der Waals surface area contributed by atoms with E-state index >= 15 is 0 Å². The molecule has 0 saturated heterocycles. The van der Waals surface area contributed by atoms with E-state index in [1.54, 1.807) is 0 Å². The van der Waals surface area contributed by atoms with Gasteiger partial charge in [-0.2, -0.15) is 0 Å². The van der Waals surface area contributed by atoms with Gasteiger partial charge in [0.1, 0.15) is 28.7 Å². The Morgan fingerprint density at radius 3 is 0.815 bits per heavy atom. The number of aliphatic carboxylic acids is 1. The zero-order valence-electron chi connectivity index (χ0n) is 88.5. The number of carboxylic acids is 1. The summed E-state index contributed by atoms with van der Waals surface area (Å²) in [6.45, 7) is 34.4. The minimum atomic E-state index is -1.28. The molecule has 0 spiro atoms. The molecule has 7 saturated carbocycles. The number of carboxylic acid groups (broad SMARTS) is 1. The number of aliphatic hydroxyl groups excluding tert-OH is 1.